The molecule has 0 saturated heterocycles. The number of carbonyl (C=O) groups excluding carboxylic acids is 1. The molecule has 33 heavy (non-hydrogen) atoms. The van der Waals surface area contributed by atoms with Crippen molar-refractivity contribution in [3.05, 3.63) is 97.5 Å². The molecule has 0 radical (unpaired) electrons. The lowest BCUT2D eigenvalue weighted by molar-refractivity contribution is -0.123. The van der Waals surface area contributed by atoms with Gasteiger partial charge in [0.1, 0.15) is 18.2 Å². The maximum Gasteiger partial charge on any atom is 0.267 e. The van der Waals surface area contributed by atoms with Crippen LogP contribution in [0.4, 0.5) is 8.78 Å². The normalized spacial score (nSPS) is 12.8. The minimum absolute atomic E-state index is 0.0103. The molecule has 0 spiro atoms. The summed E-state index contributed by atoms with van der Waals surface area (Å²) in [5.74, 6) is -2.06. The topological polar surface area (TPSA) is 96.2 Å². The fourth-order valence-corrected chi connectivity index (χ4v) is 3.92. The molecule has 3 N–H and O–H groups in total. The second kappa shape index (κ2) is 12.0. The van der Waals surface area contributed by atoms with Crippen LogP contribution in [0.5, 0.6) is 0 Å². The van der Waals surface area contributed by atoms with Gasteiger partial charge in [-0.1, -0.05) is 12.1 Å². The average Bonchev–Trinajstić information content (AvgIpc) is 2.74. The fourth-order valence-electron chi connectivity index (χ4n) is 3.31. The Morgan fingerprint density at radius 3 is 2.55 bits per heavy atom. The van der Waals surface area contributed by atoms with Crippen molar-refractivity contribution in [2.24, 2.45) is 0 Å². The third-order valence-electron chi connectivity index (χ3n) is 4.84. The van der Waals surface area contributed by atoms with Gasteiger partial charge in [0, 0.05) is 35.0 Å². The number of hydrogen-bond donors (Lipinski definition) is 3. The third-order valence-corrected chi connectivity index (χ3v) is 5.51. The van der Waals surface area contributed by atoms with E-state index in [4.69, 9.17) is 0 Å². The van der Waals surface area contributed by atoms with Gasteiger partial charge in [-0.2, -0.15) is 5.10 Å². The molecule has 10 heteroatoms. The summed E-state index contributed by atoms with van der Waals surface area (Å²) in [5, 5.41) is 20.4. The second-order valence-corrected chi connectivity index (χ2v) is 8.75. The Kier molecular flexibility index (Phi) is 9.03. The van der Waals surface area contributed by atoms with Crippen LogP contribution in [0.2, 0.25) is 0 Å². The molecule has 1 aromatic heterocycles. The number of carbonyl (C=O) groups is 1. The monoisotopic (exact) mass is 568 g/mol. The number of rotatable bonds is 10. The van der Waals surface area contributed by atoms with Gasteiger partial charge in [-0.25, -0.2) is 13.5 Å². The molecule has 2 atom stereocenters. The summed E-state index contributed by atoms with van der Waals surface area (Å²) < 4.78 is 29.4. The molecule has 174 valence electrons. The molecule has 3 aromatic rings. The molecule has 2 aromatic carbocycles. The van der Waals surface area contributed by atoms with E-state index in [9.17, 15) is 23.5 Å². The van der Waals surface area contributed by atoms with Crippen LogP contribution >= 0.6 is 22.6 Å². The Balaban J connectivity index is 1.68. The van der Waals surface area contributed by atoms with Crippen molar-refractivity contribution in [1.29, 1.82) is 0 Å². The summed E-state index contributed by atoms with van der Waals surface area (Å²) in [6.07, 6.45) is 0.304. The van der Waals surface area contributed by atoms with Crippen molar-refractivity contribution in [2.75, 3.05) is 6.54 Å². The van der Waals surface area contributed by atoms with E-state index in [-0.39, 0.29) is 25.1 Å². The lowest BCUT2D eigenvalue weighted by Crippen LogP contribution is -2.50. The van der Waals surface area contributed by atoms with Crippen LogP contribution in [0.15, 0.2) is 65.6 Å². The first kappa shape index (κ1) is 24.9. The first-order chi connectivity index (χ1) is 15.8. The number of aromatic nitrogens is 2. The SMILES string of the molecule is O=C(Cn1ncccc1=O)N[C@H](Cc1cc(F)cc(F)c1)[C@H](O)CNCc1cccc(I)c1. The second-order valence-electron chi connectivity index (χ2n) is 7.50. The summed E-state index contributed by atoms with van der Waals surface area (Å²) in [4.78, 5) is 24.4. The molecule has 0 saturated carbocycles. The Hall–Kier alpha value is -2.70. The Morgan fingerprint density at radius 1 is 1.09 bits per heavy atom. The molecule has 0 aliphatic carbocycles. The zero-order valence-electron chi connectivity index (χ0n) is 17.5. The van der Waals surface area contributed by atoms with Crippen molar-refractivity contribution >= 4 is 28.5 Å². The minimum atomic E-state index is -1.07. The number of hydrogen-bond acceptors (Lipinski definition) is 5. The van der Waals surface area contributed by atoms with E-state index in [0.717, 1.165) is 32.0 Å². The van der Waals surface area contributed by atoms with Crippen molar-refractivity contribution in [2.45, 2.75) is 31.7 Å². The number of aliphatic hydroxyl groups is 1. The van der Waals surface area contributed by atoms with Gasteiger partial charge >= 0.3 is 0 Å². The Morgan fingerprint density at radius 2 is 1.85 bits per heavy atom. The lowest BCUT2D eigenvalue weighted by atomic mass is 10.0. The van der Waals surface area contributed by atoms with Crippen molar-refractivity contribution < 1.29 is 18.7 Å². The highest BCUT2D eigenvalue weighted by Crippen LogP contribution is 2.12. The third kappa shape index (κ3) is 7.98. The first-order valence-electron chi connectivity index (χ1n) is 10.2. The lowest BCUT2D eigenvalue weighted by Gasteiger charge is -2.25. The molecule has 3 rings (SSSR count). The molecule has 1 amide bonds. The zero-order chi connectivity index (χ0) is 23.8. The van der Waals surface area contributed by atoms with Crippen LogP contribution in [0.1, 0.15) is 11.1 Å². The van der Waals surface area contributed by atoms with Crippen LogP contribution in [-0.2, 0) is 24.3 Å². The Bertz CT molecular complexity index is 1140. The quantitative estimate of drug-likeness (QED) is 0.326. The molecule has 0 fully saturated rings. The number of halogens is 3. The number of nitrogens with one attached hydrogen (secondary N) is 2. The fraction of sp³-hybridized carbons (Fsp3) is 0.261. The van der Waals surface area contributed by atoms with Crippen LogP contribution in [0, 0.1) is 15.2 Å². The summed E-state index contributed by atoms with van der Waals surface area (Å²) in [6.45, 7) is 0.264. The highest BCUT2D eigenvalue weighted by atomic mass is 127. The predicted molar refractivity (Wildman–Crippen MR) is 127 cm³/mol. The van der Waals surface area contributed by atoms with E-state index in [1.165, 1.54) is 18.3 Å². The van der Waals surface area contributed by atoms with Gasteiger partial charge in [-0.3, -0.25) is 9.59 Å². The smallest absolute Gasteiger partial charge is 0.267 e. The van der Waals surface area contributed by atoms with E-state index in [0.29, 0.717) is 6.54 Å². The minimum Gasteiger partial charge on any atom is -0.390 e. The van der Waals surface area contributed by atoms with E-state index < -0.39 is 35.2 Å². The summed E-state index contributed by atoms with van der Waals surface area (Å²) in [5.41, 5.74) is 0.858. The molecular formula is C23H23F2IN4O3. The summed E-state index contributed by atoms with van der Waals surface area (Å²) in [6, 6.07) is 12.8. The summed E-state index contributed by atoms with van der Waals surface area (Å²) >= 11 is 2.21. The van der Waals surface area contributed by atoms with Gasteiger partial charge < -0.3 is 15.7 Å². The highest BCUT2D eigenvalue weighted by molar-refractivity contribution is 14.1. The van der Waals surface area contributed by atoms with E-state index >= 15 is 0 Å². The first-order valence-corrected chi connectivity index (χ1v) is 11.3. The molecule has 7 nitrogen and oxygen atoms in total. The van der Waals surface area contributed by atoms with Crippen molar-refractivity contribution in [3.8, 4) is 0 Å². The average molecular weight is 568 g/mol. The number of nitrogens with zero attached hydrogens (tertiary/aromatic N) is 2. The maximum absolute atomic E-state index is 13.6. The number of benzene rings is 2. The van der Waals surface area contributed by atoms with Gasteiger partial charge in [0.15, 0.2) is 0 Å². The van der Waals surface area contributed by atoms with Crippen molar-refractivity contribution in [3.63, 3.8) is 0 Å². The van der Waals surface area contributed by atoms with E-state index in [1.54, 1.807) is 0 Å². The molecule has 0 bridgehead atoms. The Labute approximate surface area is 203 Å². The van der Waals surface area contributed by atoms with Gasteiger partial charge in [-0.05, 0) is 70.5 Å². The van der Waals surface area contributed by atoms with Crippen LogP contribution in [0.25, 0.3) is 0 Å². The highest BCUT2D eigenvalue weighted by Gasteiger charge is 2.23. The van der Waals surface area contributed by atoms with E-state index in [2.05, 4.69) is 38.3 Å². The van der Waals surface area contributed by atoms with Gasteiger partial charge in [0.05, 0.1) is 12.1 Å². The molecule has 0 aliphatic rings. The van der Waals surface area contributed by atoms with Crippen LogP contribution < -0.4 is 16.2 Å². The maximum atomic E-state index is 13.6. The van der Waals surface area contributed by atoms with Crippen molar-refractivity contribution in [1.82, 2.24) is 20.4 Å². The van der Waals surface area contributed by atoms with Gasteiger partial charge in [0.2, 0.25) is 5.91 Å². The summed E-state index contributed by atoms with van der Waals surface area (Å²) in [7, 11) is 0. The van der Waals surface area contributed by atoms with Gasteiger partial charge in [0.25, 0.3) is 5.56 Å². The zero-order valence-corrected chi connectivity index (χ0v) is 19.7. The standard InChI is InChI=1S/C23H23F2IN4O3/c24-17-7-16(8-18(25)11-17)10-20(29-22(32)14-30-23(33)5-2-6-28-30)21(31)13-27-12-15-3-1-4-19(26)9-15/h1-9,11,20-21,27,31H,10,12-14H2,(H,29,32)/t20-,21-/m1/s1. The molecule has 1 heterocycles. The molecular weight excluding hydrogens is 545 g/mol. The predicted octanol–water partition coefficient (Wildman–Crippen LogP) is 2.00. The number of aliphatic hydroxyl groups excluding tert-OH is 1. The largest absolute Gasteiger partial charge is 0.390 e. The van der Waals surface area contributed by atoms with Crippen LogP contribution in [-0.4, -0.2) is 39.5 Å². The molecule has 0 aliphatic heterocycles. The van der Waals surface area contributed by atoms with Crippen LogP contribution in [0.3, 0.4) is 0 Å². The van der Waals surface area contributed by atoms with E-state index in [1.807, 2.05) is 24.3 Å². The van der Waals surface area contributed by atoms with Gasteiger partial charge in [-0.15, -0.1) is 0 Å². The molecule has 0 unspecified atom stereocenters. The number of amides is 1.